The molecule has 0 atom stereocenters. The number of rotatable bonds is 2. The molecule has 0 amide bonds. The number of nitrogens with zero attached hydrogens (tertiary/aromatic N) is 3. The maximum absolute atomic E-state index is 6.06. The first-order valence-corrected chi connectivity index (χ1v) is 10.8. The quantitative estimate of drug-likeness (QED) is 0.516. The lowest BCUT2D eigenvalue weighted by molar-refractivity contribution is 0.509. The average Bonchev–Trinajstić information content (AvgIpc) is 3.34. The number of H-pyrrole nitrogens is 1. The normalized spacial score (nSPS) is 17.3. The second-order valence-electron chi connectivity index (χ2n) is 8.50. The summed E-state index contributed by atoms with van der Waals surface area (Å²) in [6.45, 7) is 6.21. The lowest BCUT2D eigenvalue weighted by Crippen LogP contribution is -2.30. The Kier molecular flexibility index (Phi) is 3.83. The molecule has 148 valence electrons. The number of aryl methyl sites for hydroxylation is 1. The molecule has 0 aliphatic carbocycles. The van der Waals surface area contributed by atoms with Crippen LogP contribution in [0.3, 0.4) is 0 Å². The van der Waals surface area contributed by atoms with Crippen LogP contribution in [0.15, 0.2) is 40.8 Å². The largest absolute Gasteiger partial charge is 0.423 e. The van der Waals surface area contributed by atoms with Crippen LogP contribution in [0, 0.1) is 6.92 Å². The predicted octanol–water partition coefficient (Wildman–Crippen LogP) is 5.17. The van der Waals surface area contributed by atoms with Crippen molar-refractivity contribution in [3.8, 4) is 0 Å². The molecule has 1 N–H and O–H groups in total. The Balaban J connectivity index is 1.32. The zero-order valence-corrected chi connectivity index (χ0v) is 16.9. The molecule has 4 heterocycles. The van der Waals surface area contributed by atoms with Crippen LogP contribution in [0.4, 0.5) is 11.7 Å². The fraction of sp³-hybridized carbons (Fsp3) is 0.375. The molecule has 5 nitrogen and oxygen atoms in total. The molecule has 4 aromatic rings. The Morgan fingerprint density at radius 1 is 0.966 bits per heavy atom. The number of oxazole rings is 1. The summed E-state index contributed by atoms with van der Waals surface area (Å²) in [4.78, 5) is 13.2. The molecule has 0 saturated carbocycles. The average molecular weight is 386 g/mol. The van der Waals surface area contributed by atoms with Crippen molar-refractivity contribution in [2.75, 3.05) is 29.4 Å². The van der Waals surface area contributed by atoms with Gasteiger partial charge in [-0.2, -0.15) is 4.98 Å². The highest BCUT2D eigenvalue weighted by atomic mass is 16.4. The summed E-state index contributed by atoms with van der Waals surface area (Å²) < 4.78 is 6.06. The summed E-state index contributed by atoms with van der Waals surface area (Å²) in [5, 5.41) is 1.36. The number of anilines is 2. The van der Waals surface area contributed by atoms with Crippen LogP contribution in [-0.4, -0.2) is 29.6 Å². The molecule has 5 heteroatoms. The number of piperidine rings is 1. The highest BCUT2D eigenvalue weighted by Gasteiger charge is 2.22. The van der Waals surface area contributed by atoms with Crippen molar-refractivity contribution in [3.05, 3.63) is 53.2 Å². The summed E-state index contributed by atoms with van der Waals surface area (Å²) in [6, 6.07) is 13.9. The second-order valence-corrected chi connectivity index (χ2v) is 8.50. The maximum Gasteiger partial charge on any atom is 0.298 e. The first kappa shape index (κ1) is 17.0. The third-order valence-corrected chi connectivity index (χ3v) is 6.48. The molecule has 0 bridgehead atoms. The molecular formula is C24H26N4O. The number of nitrogens with one attached hydrogen (secondary N) is 1. The van der Waals surface area contributed by atoms with Crippen molar-refractivity contribution in [1.82, 2.24) is 9.97 Å². The topological polar surface area (TPSA) is 48.3 Å². The predicted molar refractivity (Wildman–Crippen MR) is 118 cm³/mol. The maximum atomic E-state index is 6.06. The second kappa shape index (κ2) is 6.55. The van der Waals surface area contributed by atoms with Gasteiger partial charge in [-0.25, -0.2) is 0 Å². The molecule has 0 spiro atoms. The van der Waals surface area contributed by atoms with Crippen LogP contribution in [0.25, 0.3) is 22.0 Å². The highest BCUT2D eigenvalue weighted by Crippen LogP contribution is 2.33. The van der Waals surface area contributed by atoms with Crippen LogP contribution in [0.5, 0.6) is 0 Å². The van der Waals surface area contributed by atoms with Gasteiger partial charge in [-0.3, -0.25) is 0 Å². The van der Waals surface area contributed by atoms with Gasteiger partial charge in [0, 0.05) is 60.4 Å². The molecule has 0 unspecified atom stereocenters. The van der Waals surface area contributed by atoms with E-state index in [0.717, 1.165) is 49.7 Å². The molecular weight excluding hydrogens is 360 g/mol. The lowest BCUT2D eigenvalue weighted by Gasteiger charge is -2.29. The van der Waals surface area contributed by atoms with Gasteiger partial charge in [0.2, 0.25) is 0 Å². The molecule has 1 saturated heterocycles. The lowest BCUT2D eigenvalue weighted by atomic mass is 10.0. The minimum absolute atomic E-state index is 0.782. The monoisotopic (exact) mass is 386 g/mol. The Hall–Kier alpha value is -2.95. The zero-order valence-electron chi connectivity index (χ0n) is 16.9. The molecule has 1 fully saturated rings. The van der Waals surface area contributed by atoms with E-state index in [0.29, 0.717) is 0 Å². The molecule has 2 aliphatic heterocycles. The highest BCUT2D eigenvalue weighted by molar-refractivity contribution is 5.86. The molecule has 2 aromatic carbocycles. The van der Waals surface area contributed by atoms with Crippen LogP contribution >= 0.6 is 0 Å². The van der Waals surface area contributed by atoms with Gasteiger partial charge in [-0.1, -0.05) is 11.6 Å². The number of benzene rings is 2. The van der Waals surface area contributed by atoms with Crippen molar-refractivity contribution in [3.63, 3.8) is 0 Å². The molecule has 2 aliphatic rings. The van der Waals surface area contributed by atoms with Gasteiger partial charge >= 0.3 is 0 Å². The number of aromatic amines is 1. The summed E-state index contributed by atoms with van der Waals surface area (Å²) in [5.74, 6) is 0. The van der Waals surface area contributed by atoms with Crippen molar-refractivity contribution in [1.29, 1.82) is 0 Å². The van der Waals surface area contributed by atoms with Gasteiger partial charge in [-0.05, 0) is 56.5 Å². The summed E-state index contributed by atoms with van der Waals surface area (Å²) in [6.07, 6.45) is 4.80. The van der Waals surface area contributed by atoms with E-state index < -0.39 is 0 Å². The number of hydrogen-bond donors (Lipinski definition) is 1. The van der Waals surface area contributed by atoms with Gasteiger partial charge in [0.1, 0.15) is 5.52 Å². The fourth-order valence-electron chi connectivity index (χ4n) is 4.87. The number of fused-ring (bicyclic) bond motifs is 4. The SMILES string of the molecule is Cc1ccc2[nH]c3c(c2c1)CN(c1ccc2oc(N4CCCCC4)nc2c1)CC3. The smallest absolute Gasteiger partial charge is 0.298 e. The van der Waals surface area contributed by atoms with Crippen LogP contribution < -0.4 is 9.80 Å². The van der Waals surface area contributed by atoms with Crippen LogP contribution in [0.1, 0.15) is 36.1 Å². The third kappa shape index (κ3) is 2.87. The van der Waals surface area contributed by atoms with Crippen molar-refractivity contribution < 1.29 is 4.42 Å². The van der Waals surface area contributed by atoms with Crippen molar-refractivity contribution >= 4 is 33.7 Å². The Labute approximate surface area is 170 Å². The minimum atomic E-state index is 0.782. The van der Waals surface area contributed by atoms with Gasteiger partial charge in [0.15, 0.2) is 5.58 Å². The van der Waals surface area contributed by atoms with E-state index in [4.69, 9.17) is 9.40 Å². The van der Waals surface area contributed by atoms with E-state index in [1.807, 2.05) is 0 Å². The summed E-state index contributed by atoms with van der Waals surface area (Å²) in [7, 11) is 0. The molecule has 0 radical (unpaired) electrons. The van der Waals surface area contributed by atoms with Crippen LogP contribution in [0.2, 0.25) is 0 Å². The standard InChI is InChI=1S/C24H26N4O/c1-16-5-7-20-18(13-16)19-15-28(12-9-21(19)25-20)17-6-8-23-22(14-17)26-24(29-23)27-10-3-2-4-11-27/h5-8,13-14,25H,2-4,9-12,15H2,1H3. The first-order chi connectivity index (χ1) is 14.2. The first-order valence-electron chi connectivity index (χ1n) is 10.8. The van der Waals surface area contributed by atoms with Crippen molar-refractivity contribution in [2.45, 2.75) is 39.2 Å². The molecule has 6 rings (SSSR count). The summed E-state index contributed by atoms with van der Waals surface area (Å²) in [5.41, 5.74) is 8.45. The van der Waals surface area contributed by atoms with Gasteiger partial charge < -0.3 is 19.2 Å². The Bertz CT molecular complexity index is 1200. The van der Waals surface area contributed by atoms with Crippen molar-refractivity contribution in [2.24, 2.45) is 0 Å². The third-order valence-electron chi connectivity index (χ3n) is 6.48. The van der Waals surface area contributed by atoms with E-state index in [1.54, 1.807) is 0 Å². The van der Waals surface area contributed by atoms with E-state index in [2.05, 4.69) is 58.1 Å². The fourth-order valence-corrected chi connectivity index (χ4v) is 4.87. The number of hydrogen-bond acceptors (Lipinski definition) is 4. The van der Waals surface area contributed by atoms with Gasteiger partial charge in [0.05, 0.1) is 0 Å². The molecule has 29 heavy (non-hydrogen) atoms. The minimum Gasteiger partial charge on any atom is -0.423 e. The van der Waals surface area contributed by atoms with E-state index in [-0.39, 0.29) is 0 Å². The van der Waals surface area contributed by atoms with Gasteiger partial charge in [-0.15, -0.1) is 0 Å². The van der Waals surface area contributed by atoms with Crippen LogP contribution in [-0.2, 0) is 13.0 Å². The zero-order chi connectivity index (χ0) is 19.4. The summed E-state index contributed by atoms with van der Waals surface area (Å²) >= 11 is 0. The Morgan fingerprint density at radius 2 is 1.86 bits per heavy atom. The number of aromatic nitrogens is 2. The van der Waals surface area contributed by atoms with E-state index >= 15 is 0 Å². The van der Waals surface area contributed by atoms with E-state index in [1.165, 1.54) is 52.7 Å². The molecule has 2 aromatic heterocycles. The van der Waals surface area contributed by atoms with Gasteiger partial charge in [0.25, 0.3) is 6.01 Å². The Morgan fingerprint density at radius 3 is 2.76 bits per heavy atom. The van der Waals surface area contributed by atoms with E-state index in [9.17, 15) is 0 Å².